The molecule has 2 unspecified atom stereocenters. The maximum atomic E-state index is 13.6. The summed E-state index contributed by atoms with van der Waals surface area (Å²) in [7, 11) is 0. The minimum atomic E-state index is -0.426. The zero-order valence-electron chi connectivity index (χ0n) is 30.2. The zero-order valence-corrected chi connectivity index (χ0v) is 31.0. The molecule has 270 valence electrons. The number of aryl methyl sites for hydroxylation is 1. The molecule has 1 aliphatic heterocycles. The minimum absolute atomic E-state index is 0.151. The number of nitrogen functional groups attached to an aromatic ring is 1. The van der Waals surface area contributed by atoms with E-state index in [4.69, 9.17) is 22.0 Å². The molecule has 2 aliphatic rings. The summed E-state index contributed by atoms with van der Waals surface area (Å²) >= 11 is 1.42. The SMILES string of the molecule is C=NC(=C\C=NCN1CCCN(CCCCO/C(N)=C/N(N)C(C)C(C)C)CC1)/C(NC(=O)C1CCCc2sc(N)c(C#N)c21)=C(/C)CC. The molecule has 13 heteroatoms. The van der Waals surface area contributed by atoms with Crippen LogP contribution < -0.4 is 22.6 Å². The van der Waals surface area contributed by atoms with Crippen molar-refractivity contribution in [2.24, 2.45) is 27.5 Å². The van der Waals surface area contributed by atoms with E-state index in [9.17, 15) is 10.1 Å². The molecular formula is C36H58N10O2S. The average molecular weight is 695 g/mol. The maximum absolute atomic E-state index is 13.6. The van der Waals surface area contributed by atoms with Crippen molar-refractivity contribution in [2.45, 2.75) is 91.5 Å². The summed E-state index contributed by atoms with van der Waals surface area (Å²) in [4.78, 5) is 28.5. The monoisotopic (exact) mass is 694 g/mol. The number of thiophene rings is 1. The lowest BCUT2D eigenvalue weighted by atomic mass is 9.84. The number of allylic oxidation sites excluding steroid dienone is 2. The first-order valence-corrected chi connectivity index (χ1v) is 18.4. The first-order valence-electron chi connectivity index (χ1n) is 17.6. The first-order chi connectivity index (χ1) is 23.5. The third kappa shape index (κ3) is 11.7. The van der Waals surface area contributed by atoms with Gasteiger partial charge in [-0.05, 0) is 102 Å². The van der Waals surface area contributed by atoms with E-state index in [1.807, 2.05) is 19.9 Å². The Morgan fingerprint density at radius 3 is 2.65 bits per heavy atom. The number of nitrogens with one attached hydrogen (secondary N) is 1. The topological polar surface area (TPSA) is 175 Å². The second kappa shape index (κ2) is 20.1. The molecule has 1 saturated heterocycles. The van der Waals surface area contributed by atoms with Gasteiger partial charge in [-0.15, -0.1) is 11.3 Å². The number of carbonyl (C=O) groups excluding carboxylic acids is 1. The van der Waals surface area contributed by atoms with Gasteiger partial charge in [-0.25, -0.2) is 5.84 Å². The number of rotatable bonds is 17. The number of aliphatic imine (C=N–C) groups is 2. The van der Waals surface area contributed by atoms with Crippen LogP contribution in [0.2, 0.25) is 0 Å². The number of carbonyl (C=O) groups is 1. The molecule has 7 N–H and O–H groups in total. The Bertz CT molecular complexity index is 1420. The highest BCUT2D eigenvalue weighted by Crippen LogP contribution is 2.42. The molecule has 1 aromatic heterocycles. The van der Waals surface area contributed by atoms with Gasteiger partial charge in [0.15, 0.2) is 0 Å². The van der Waals surface area contributed by atoms with Gasteiger partial charge >= 0.3 is 0 Å². The molecule has 2 atom stereocenters. The lowest BCUT2D eigenvalue weighted by Gasteiger charge is -2.26. The number of fused-ring (bicyclic) bond motifs is 1. The van der Waals surface area contributed by atoms with Crippen molar-refractivity contribution in [1.29, 1.82) is 5.26 Å². The molecule has 2 heterocycles. The predicted octanol–water partition coefficient (Wildman–Crippen LogP) is 4.82. The van der Waals surface area contributed by atoms with Crippen LogP contribution in [0.3, 0.4) is 0 Å². The number of nitrogens with two attached hydrogens (primary N) is 3. The smallest absolute Gasteiger partial charge is 0.232 e. The van der Waals surface area contributed by atoms with Gasteiger partial charge in [0.25, 0.3) is 0 Å². The van der Waals surface area contributed by atoms with E-state index in [1.54, 1.807) is 17.4 Å². The van der Waals surface area contributed by atoms with Crippen molar-refractivity contribution in [3.63, 3.8) is 0 Å². The van der Waals surface area contributed by atoms with E-state index < -0.39 is 5.92 Å². The Kier molecular flexibility index (Phi) is 16.3. The second-order valence-corrected chi connectivity index (χ2v) is 14.4. The van der Waals surface area contributed by atoms with Crippen LogP contribution in [-0.4, -0.2) is 85.7 Å². The van der Waals surface area contributed by atoms with E-state index in [0.717, 1.165) is 87.3 Å². The van der Waals surface area contributed by atoms with Gasteiger partial charge in [0, 0.05) is 36.8 Å². The largest absolute Gasteiger partial charge is 0.478 e. The van der Waals surface area contributed by atoms with E-state index >= 15 is 0 Å². The van der Waals surface area contributed by atoms with E-state index in [-0.39, 0.29) is 11.9 Å². The van der Waals surface area contributed by atoms with Gasteiger partial charge in [-0.3, -0.25) is 19.7 Å². The molecule has 12 nitrogen and oxygen atoms in total. The van der Waals surface area contributed by atoms with E-state index in [2.05, 4.69) is 58.7 Å². The molecule has 1 aromatic rings. The van der Waals surface area contributed by atoms with E-state index in [1.165, 1.54) is 11.3 Å². The Hall–Kier alpha value is -3.70. The van der Waals surface area contributed by atoms with Crippen molar-refractivity contribution < 1.29 is 9.53 Å². The summed E-state index contributed by atoms with van der Waals surface area (Å²) in [6, 6.07) is 2.40. The van der Waals surface area contributed by atoms with Crippen LogP contribution in [-0.2, 0) is 16.0 Å². The highest BCUT2D eigenvalue weighted by molar-refractivity contribution is 7.16. The fourth-order valence-electron chi connectivity index (χ4n) is 5.99. The number of hydrazine groups is 1. The Labute approximate surface area is 297 Å². The van der Waals surface area contributed by atoms with Crippen molar-refractivity contribution in [2.75, 3.05) is 51.7 Å². The van der Waals surface area contributed by atoms with Gasteiger partial charge in [0.1, 0.15) is 11.1 Å². The van der Waals surface area contributed by atoms with Crippen LogP contribution in [0.15, 0.2) is 45.1 Å². The molecular weight excluding hydrogens is 637 g/mol. The summed E-state index contributed by atoms with van der Waals surface area (Å²) in [5.74, 6) is 6.25. The number of amides is 1. The number of hydrogen-bond donors (Lipinski definition) is 4. The molecule has 1 fully saturated rings. The standard InChI is InChI=1S/C36H58N10O2S/c1-7-26(4)34(43-36(47)28-12-10-13-31-33(28)29(22-37)35(39)49-31)30(41-6)14-15-42-24-45-18-11-17-44(19-20-45)16-8-9-21-48-32(38)23-46(40)27(5)25(2)3/h14-15,23,25,27-28H,6-13,16-21,24,38-40H2,1-5H3,(H,43,47)/b30-14-,32-23+,34-26+,42-15?. The average Bonchev–Trinajstić information content (AvgIpc) is 3.25. The van der Waals surface area contributed by atoms with Crippen molar-refractivity contribution in [3.8, 4) is 6.07 Å². The molecule has 0 radical (unpaired) electrons. The third-order valence-electron chi connectivity index (χ3n) is 9.50. The quantitative estimate of drug-likeness (QED) is 0.0445. The molecule has 0 saturated carbocycles. The number of nitriles is 1. The van der Waals surface area contributed by atoms with Crippen LogP contribution in [0.25, 0.3) is 0 Å². The molecule has 3 rings (SSSR count). The predicted molar refractivity (Wildman–Crippen MR) is 202 cm³/mol. The summed E-state index contributed by atoms with van der Waals surface area (Å²) in [5.41, 5.74) is 15.5. The van der Waals surface area contributed by atoms with Crippen molar-refractivity contribution in [3.05, 3.63) is 51.1 Å². The molecule has 0 spiro atoms. The highest BCUT2D eigenvalue weighted by atomic mass is 32.1. The fourth-order valence-corrected chi connectivity index (χ4v) is 7.12. The Morgan fingerprint density at radius 2 is 1.96 bits per heavy atom. The number of ether oxygens (including phenoxy) is 1. The van der Waals surface area contributed by atoms with E-state index in [0.29, 0.717) is 53.5 Å². The van der Waals surface area contributed by atoms with Crippen molar-refractivity contribution in [1.82, 2.24) is 20.1 Å². The van der Waals surface area contributed by atoms with Gasteiger partial charge in [-0.2, -0.15) is 5.26 Å². The van der Waals surface area contributed by atoms with Gasteiger partial charge in [0.2, 0.25) is 11.8 Å². The Morgan fingerprint density at radius 1 is 1.22 bits per heavy atom. The summed E-state index contributed by atoms with van der Waals surface area (Å²) < 4.78 is 5.68. The second-order valence-electron chi connectivity index (χ2n) is 13.2. The molecule has 1 amide bonds. The minimum Gasteiger partial charge on any atom is -0.478 e. The normalized spacial score (nSPS) is 19.2. The molecule has 0 aromatic carbocycles. The van der Waals surface area contributed by atoms with Crippen LogP contribution in [0.5, 0.6) is 0 Å². The Balaban J connectivity index is 1.49. The van der Waals surface area contributed by atoms with Crippen LogP contribution in [0.4, 0.5) is 5.00 Å². The summed E-state index contributed by atoms with van der Waals surface area (Å²) in [6.07, 6.45) is 11.4. The molecule has 1 aliphatic carbocycles. The lowest BCUT2D eigenvalue weighted by molar-refractivity contribution is -0.122. The number of nitrogens with zero attached hydrogens (tertiary/aromatic N) is 6. The number of unbranched alkanes of at least 4 members (excludes halogenated alkanes) is 1. The van der Waals surface area contributed by atoms with Gasteiger partial charge < -0.3 is 31.4 Å². The maximum Gasteiger partial charge on any atom is 0.232 e. The lowest BCUT2D eigenvalue weighted by Crippen LogP contribution is -2.38. The number of anilines is 1. The van der Waals surface area contributed by atoms with Gasteiger partial charge in [0.05, 0.1) is 42.4 Å². The van der Waals surface area contributed by atoms with Crippen LogP contribution in [0, 0.1) is 17.2 Å². The van der Waals surface area contributed by atoms with Crippen molar-refractivity contribution >= 4 is 35.2 Å². The molecule has 0 bridgehead atoms. The highest BCUT2D eigenvalue weighted by Gasteiger charge is 2.33. The number of hydrogen-bond acceptors (Lipinski definition) is 12. The van der Waals surface area contributed by atoms with Crippen LogP contribution in [0.1, 0.15) is 95.1 Å². The molecule has 49 heavy (non-hydrogen) atoms. The third-order valence-corrected chi connectivity index (χ3v) is 10.6. The first kappa shape index (κ1) is 39.7. The fraction of sp³-hybridized carbons (Fsp3) is 0.611. The summed E-state index contributed by atoms with van der Waals surface area (Å²) in [5, 5.41) is 15.0. The van der Waals surface area contributed by atoms with Crippen LogP contribution >= 0.6 is 11.3 Å². The zero-order chi connectivity index (χ0) is 35.9. The van der Waals surface area contributed by atoms with Gasteiger partial charge in [-0.1, -0.05) is 20.8 Å². The summed E-state index contributed by atoms with van der Waals surface area (Å²) in [6.45, 7) is 20.2.